The minimum absolute atomic E-state index is 0.0989. The van der Waals surface area contributed by atoms with E-state index in [4.69, 9.17) is 16.9 Å². The predicted octanol–water partition coefficient (Wildman–Crippen LogP) is 2.86. The first-order valence-electron chi connectivity index (χ1n) is 4.26. The fraction of sp³-hybridized carbons (Fsp3) is 0.111. The molecule has 1 rings (SSSR count). The Bertz CT molecular complexity index is 527. The Labute approximate surface area is 109 Å². The molecule has 6 nitrogen and oxygen atoms in total. The van der Waals surface area contributed by atoms with Gasteiger partial charge in [-0.05, 0) is 22.0 Å². The van der Waals surface area contributed by atoms with E-state index in [1.165, 1.54) is 6.07 Å². The van der Waals surface area contributed by atoms with Crippen molar-refractivity contribution in [1.29, 1.82) is 5.26 Å². The molecular formula is C9H5BrClN3O3. The van der Waals surface area contributed by atoms with Gasteiger partial charge in [-0.1, -0.05) is 11.6 Å². The summed E-state index contributed by atoms with van der Waals surface area (Å²) in [4.78, 5) is 21.2. The zero-order valence-corrected chi connectivity index (χ0v) is 10.6. The highest BCUT2D eigenvalue weighted by Crippen LogP contribution is 2.34. The molecule has 1 N–H and O–H groups in total. The van der Waals surface area contributed by atoms with E-state index in [9.17, 15) is 14.9 Å². The van der Waals surface area contributed by atoms with Crippen LogP contribution in [0.25, 0.3) is 0 Å². The van der Waals surface area contributed by atoms with Gasteiger partial charge < -0.3 is 5.32 Å². The Balaban J connectivity index is 3.09. The number of hydrogen-bond donors (Lipinski definition) is 1. The van der Waals surface area contributed by atoms with E-state index >= 15 is 0 Å². The van der Waals surface area contributed by atoms with Crippen LogP contribution in [0, 0.1) is 21.4 Å². The normalized spacial score (nSPS) is 9.47. The SMILES string of the molecule is N#CCC(=O)Nc1cc([N+](=O)[O-])c(Br)cc1Cl. The molecule has 0 unspecified atom stereocenters. The number of nitro benzene ring substituents is 1. The van der Waals surface area contributed by atoms with E-state index in [0.29, 0.717) is 0 Å². The summed E-state index contributed by atoms with van der Waals surface area (Å²) < 4.78 is 0.214. The third-order valence-corrected chi connectivity index (χ3v) is 2.69. The lowest BCUT2D eigenvalue weighted by atomic mass is 10.2. The Morgan fingerprint density at radius 2 is 2.29 bits per heavy atom. The summed E-state index contributed by atoms with van der Waals surface area (Å²) in [6.07, 6.45) is -0.347. The summed E-state index contributed by atoms with van der Waals surface area (Å²) in [7, 11) is 0. The molecule has 0 saturated heterocycles. The highest BCUT2D eigenvalue weighted by atomic mass is 79.9. The molecule has 88 valence electrons. The van der Waals surface area contributed by atoms with Crippen molar-refractivity contribution in [3.8, 4) is 6.07 Å². The lowest BCUT2D eigenvalue weighted by molar-refractivity contribution is -0.385. The van der Waals surface area contributed by atoms with Crippen LogP contribution in [0.4, 0.5) is 11.4 Å². The van der Waals surface area contributed by atoms with Crippen LogP contribution in [0.5, 0.6) is 0 Å². The van der Waals surface area contributed by atoms with Crippen molar-refractivity contribution in [2.45, 2.75) is 6.42 Å². The van der Waals surface area contributed by atoms with E-state index in [1.54, 1.807) is 6.07 Å². The van der Waals surface area contributed by atoms with E-state index in [-0.39, 0.29) is 27.3 Å². The number of nitrogens with one attached hydrogen (secondary N) is 1. The first kappa shape index (κ1) is 13.4. The van der Waals surface area contributed by atoms with Crippen LogP contribution in [-0.2, 0) is 4.79 Å². The van der Waals surface area contributed by atoms with Crippen molar-refractivity contribution in [2.24, 2.45) is 0 Å². The maximum absolute atomic E-state index is 11.2. The molecule has 8 heteroatoms. The number of carbonyl (C=O) groups excluding carboxylic acids is 1. The Morgan fingerprint density at radius 3 is 2.82 bits per heavy atom. The molecule has 0 aliphatic carbocycles. The fourth-order valence-electron chi connectivity index (χ4n) is 1.04. The molecule has 0 aliphatic heterocycles. The maximum atomic E-state index is 11.2. The van der Waals surface area contributed by atoms with Crippen molar-refractivity contribution >= 4 is 44.8 Å². The molecule has 0 aliphatic rings. The average Bonchev–Trinajstić information content (AvgIpc) is 2.21. The molecule has 1 amide bonds. The number of hydrogen-bond acceptors (Lipinski definition) is 4. The predicted molar refractivity (Wildman–Crippen MR) is 64.7 cm³/mol. The van der Waals surface area contributed by atoms with Gasteiger partial charge >= 0.3 is 0 Å². The monoisotopic (exact) mass is 317 g/mol. The topological polar surface area (TPSA) is 96.0 Å². The number of nitriles is 1. The van der Waals surface area contributed by atoms with Crippen molar-refractivity contribution in [1.82, 2.24) is 0 Å². The van der Waals surface area contributed by atoms with Crippen LogP contribution in [0.15, 0.2) is 16.6 Å². The molecule has 0 fully saturated rings. The van der Waals surface area contributed by atoms with Gasteiger partial charge in [0.05, 0.1) is 26.2 Å². The molecule has 1 aromatic rings. The Hall–Kier alpha value is -1.65. The summed E-state index contributed by atoms with van der Waals surface area (Å²) in [6.45, 7) is 0. The lowest BCUT2D eigenvalue weighted by Gasteiger charge is -2.06. The second kappa shape index (κ2) is 5.61. The molecule has 1 aromatic carbocycles. The summed E-state index contributed by atoms with van der Waals surface area (Å²) >= 11 is 8.79. The molecule has 0 spiro atoms. The van der Waals surface area contributed by atoms with Gasteiger partial charge in [0.25, 0.3) is 5.69 Å². The zero-order valence-electron chi connectivity index (χ0n) is 8.24. The van der Waals surface area contributed by atoms with Crippen molar-refractivity contribution in [3.05, 3.63) is 31.7 Å². The van der Waals surface area contributed by atoms with Crippen molar-refractivity contribution in [2.75, 3.05) is 5.32 Å². The van der Waals surface area contributed by atoms with Crippen LogP contribution in [0.1, 0.15) is 6.42 Å². The molecular weight excluding hydrogens is 313 g/mol. The highest BCUT2D eigenvalue weighted by molar-refractivity contribution is 9.10. The first-order valence-corrected chi connectivity index (χ1v) is 5.43. The Morgan fingerprint density at radius 1 is 1.65 bits per heavy atom. The maximum Gasteiger partial charge on any atom is 0.285 e. The summed E-state index contributed by atoms with van der Waals surface area (Å²) in [6, 6.07) is 4.09. The van der Waals surface area contributed by atoms with E-state index in [1.807, 2.05) is 0 Å². The molecule has 0 heterocycles. The van der Waals surface area contributed by atoms with E-state index in [0.717, 1.165) is 6.07 Å². The van der Waals surface area contributed by atoms with Crippen LogP contribution in [0.3, 0.4) is 0 Å². The van der Waals surface area contributed by atoms with Gasteiger partial charge in [-0.2, -0.15) is 5.26 Å². The van der Waals surface area contributed by atoms with Crippen molar-refractivity contribution < 1.29 is 9.72 Å². The first-order chi connectivity index (χ1) is 7.95. The van der Waals surface area contributed by atoms with Crippen LogP contribution in [0.2, 0.25) is 5.02 Å². The average molecular weight is 319 g/mol. The second-order valence-corrected chi connectivity index (χ2v) is 4.19. The standard InChI is InChI=1S/C9H5BrClN3O3/c10-5-3-6(11)7(4-8(5)14(16)17)13-9(15)1-2-12/h3-4H,1H2,(H,13,15). The van der Waals surface area contributed by atoms with E-state index < -0.39 is 10.8 Å². The number of amides is 1. The number of nitro groups is 1. The number of carbonyl (C=O) groups is 1. The molecule has 0 bridgehead atoms. The third kappa shape index (κ3) is 3.41. The summed E-state index contributed by atoms with van der Waals surface area (Å²) in [5.74, 6) is -0.578. The van der Waals surface area contributed by atoms with Gasteiger partial charge in [0.2, 0.25) is 5.91 Å². The smallest absolute Gasteiger partial charge is 0.285 e. The highest BCUT2D eigenvalue weighted by Gasteiger charge is 2.16. The van der Waals surface area contributed by atoms with Crippen LogP contribution < -0.4 is 5.32 Å². The quantitative estimate of drug-likeness (QED) is 0.684. The zero-order chi connectivity index (χ0) is 13.0. The minimum atomic E-state index is -0.611. The van der Waals surface area contributed by atoms with Crippen LogP contribution >= 0.6 is 27.5 Å². The molecule has 0 radical (unpaired) electrons. The van der Waals surface area contributed by atoms with Gasteiger partial charge in [-0.3, -0.25) is 14.9 Å². The number of benzene rings is 1. The molecule has 0 atom stereocenters. The van der Waals surface area contributed by atoms with Gasteiger partial charge in [0.1, 0.15) is 6.42 Å². The number of anilines is 1. The van der Waals surface area contributed by atoms with Crippen molar-refractivity contribution in [3.63, 3.8) is 0 Å². The van der Waals surface area contributed by atoms with E-state index in [2.05, 4.69) is 21.2 Å². The van der Waals surface area contributed by atoms with Gasteiger partial charge in [0.15, 0.2) is 0 Å². The second-order valence-electron chi connectivity index (χ2n) is 2.92. The van der Waals surface area contributed by atoms with Crippen LogP contribution in [-0.4, -0.2) is 10.8 Å². The summed E-state index contributed by atoms with van der Waals surface area (Å²) in [5, 5.41) is 21.4. The Kier molecular flexibility index (Phi) is 4.43. The van der Waals surface area contributed by atoms with Gasteiger partial charge in [-0.15, -0.1) is 0 Å². The largest absolute Gasteiger partial charge is 0.324 e. The summed E-state index contributed by atoms with van der Waals surface area (Å²) in [5.41, 5.74) is -0.122. The number of rotatable bonds is 3. The third-order valence-electron chi connectivity index (χ3n) is 1.75. The number of halogens is 2. The fourth-order valence-corrected chi connectivity index (χ4v) is 1.87. The lowest BCUT2D eigenvalue weighted by Crippen LogP contribution is -2.10. The number of nitrogens with zero attached hydrogens (tertiary/aromatic N) is 2. The molecule has 0 saturated carbocycles. The minimum Gasteiger partial charge on any atom is -0.324 e. The molecule has 17 heavy (non-hydrogen) atoms. The van der Waals surface area contributed by atoms with Gasteiger partial charge in [-0.25, -0.2) is 0 Å². The molecule has 0 aromatic heterocycles. The van der Waals surface area contributed by atoms with Gasteiger partial charge in [0, 0.05) is 6.07 Å².